The number of furan rings is 1. The topological polar surface area (TPSA) is 96.7 Å². The van der Waals surface area contributed by atoms with Gasteiger partial charge in [-0.1, -0.05) is 42.5 Å². The first-order chi connectivity index (χ1) is 19.0. The molecule has 39 heavy (non-hydrogen) atoms. The van der Waals surface area contributed by atoms with Crippen molar-refractivity contribution in [3.63, 3.8) is 0 Å². The van der Waals surface area contributed by atoms with Crippen molar-refractivity contribution in [2.24, 2.45) is 0 Å². The van der Waals surface area contributed by atoms with E-state index in [-0.39, 0.29) is 24.4 Å². The van der Waals surface area contributed by atoms with Crippen LogP contribution in [-0.4, -0.2) is 40.5 Å². The maximum Gasteiger partial charge on any atom is 0.338 e. The molecule has 5 rings (SSSR count). The van der Waals surface area contributed by atoms with Crippen molar-refractivity contribution >= 4 is 34.9 Å². The lowest BCUT2D eigenvalue weighted by atomic mass is 10.0. The number of methoxy groups -OCH3 is 1. The van der Waals surface area contributed by atoms with Gasteiger partial charge in [0, 0.05) is 30.4 Å². The first-order valence-corrected chi connectivity index (χ1v) is 13.0. The number of aryl methyl sites for hydroxylation is 1. The van der Waals surface area contributed by atoms with Gasteiger partial charge < -0.3 is 24.7 Å². The van der Waals surface area contributed by atoms with Crippen LogP contribution < -0.4 is 10.6 Å². The van der Waals surface area contributed by atoms with E-state index >= 15 is 0 Å². The number of nitrogens with zero attached hydrogens (tertiary/aromatic N) is 2. The number of esters is 1. The Labute approximate surface area is 232 Å². The Morgan fingerprint density at radius 1 is 1.05 bits per heavy atom. The highest BCUT2D eigenvalue weighted by molar-refractivity contribution is 7.80. The van der Waals surface area contributed by atoms with Crippen LogP contribution in [0.1, 0.15) is 45.9 Å². The van der Waals surface area contributed by atoms with Gasteiger partial charge in [0.25, 0.3) is 0 Å². The first-order valence-electron chi connectivity index (χ1n) is 12.6. The summed E-state index contributed by atoms with van der Waals surface area (Å²) in [5.74, 6) is 0.604. The molecule has 2 aromatic heterocycles. The fourth-order valence-corrected chi connectivity index (χ4v) is 5.08. The Morgan fingerprint density at radius 2 is 1.82 bits per heavy atom. The summed E-state index contributed by atoms with van der Waals surface area (Å²) >= 11 is 5.72. The zero-order valence-corrected chi connectivity index (χ0v) is 22.4. The molecule has 8 nitrogen and oxygen atoms in total. The lowest BCUT2D eigenvalue weighted by Gasteiger charge is -2.26. The summed E-state index contributed by atoms with van der Waals surface area (Å²) in [5, 5.41) is 6.86. The number of benzene rings is 2. The van der Waals surface area contributed by atoms with Gasteiger partial charge in [0.2, 0.25) is 5.91 Å². The second-order valence-electron chi connectivity index (χ2n) is 9.17. The molecule has 4 aromatic rings. The fraction of sp³-hybridized carbons (Fsp3) is 0.200. The molecule has 2 atom stereocenters. The molecule has 1 fully saturated rings. The summed E-state index contributed by atoms with van der Waals surface area (Å²) < 4.78 is 11.3. The highest BCUT2D eigenvalue weighted by atomic mass is 32.1. The molecule has 0 unspecified atom stereocenters. The number of para-hydroxylation sites is 1. The van der Waals surface area contributed by atoms with Crippen molar-refractivity contribution in [3.8, 4) is 11.3 Å². The van der Waals surface area contributed by atoms with Gasteiger partial charge in [0.05, 0.1) is 24.4 Å². The second kappa shape index (κ2) is 11.5. The van der Waals surface area contributed by atoms with Crippen LogP contribution in [0.5, 0.6) is 0 Å². The van der Waals surface area contributed by atoms with Crippen LogP contribution in [-0.2, 0) is 9.53 Å². The standard InChI is InChI=1S/C30H28N4O4S/c1-19-9-3-6-12-22(19)32-26(35)16-18-34-28(27(33-30(34)39)23-13-7-8-17-31-23)25-15-14-24(38-25)20-10-4-5-11-21(20)29(36)37-2/h3-15,17,27-28H,16,18H2,1-2H3,(H,32,35)(H,33,39)/t27-,28-/m1/s1. The molecule has 1 aliphatic rings. The van der Waals surface area contributed by atoms with Gasteiger partial charge in [0.15, 0.2) is 5.11 Å². The van der Waals surface area contributed by atoms with E-state index < -0.39 is 5.97 Å². The number of hydrogen-bond acceptors (Lipinski definition) is 6. The smallest absolute Gasteiger partial charge is 0.338 e. The minimum Gasteiger partial charge on any atom is -0.465 e. The fourth-order valence-electron chi connectivity index (χ4n) is 4.75. The Morgan fingerprint density at radius 3 is 2.59 bits per heavy atom. The predicted molar refractivity (Wildman–Crippen MR) is 152 cm³/mol. The Kier molecular flexibility index (Phi) is 7.69. The molecule has 0 aliphatic carbocycles. The lowest BCUT2D eigenvalue weighted by Crippen LogP contribution is -2.32. The molecule has 9 heteroatoms. The van der Waals surface area contributed by atoms with Crippen LogP contribution in [0.15, 0.2) is 89.5 Å². The summed E-state index contributed by atoms with van der Waals surface area (Å²) in [5.41, 5.74) is 3.61. The number of pyridine rings is 1. The molecule has 1 aliphatic heterocycles. The number of rotatable bonds is 8. The number of aromatic nitrogens is 1. The normalized spacial score (nSPS) is 16.6. The Balaban J connectivity index is 1.43. The molecule has 2 aromatic carbocycles. The summed E-state index contributed by atoms with van der Waals surface area (Å²) in [6, 6.07) is 23.5. The summed E-state index contributed by atoms with van der Waals surface area (Å²) in [7, 11) is 1.35. The van der Waals surface area contributed by atoms with Crippen LogP contribution in [0.25, 0.3) is 11.3 Å². The van der Waals surface area contributed by atoms with E-state index in [9.17, 15) is 9.59 Å². The van der Waals surface area contributed by atoms with Crippen molar-refractivity contribution in [3.05, 3.63) is 108 Å². The SMILES string of the molecule is COC(=O)c1ccccc1-c1ccc([C@@H]2[C@@H](c3ccccn3)NC(=S)N2CCC(=O)Nc2ccccc2C)o1. The van der Waals surface area contributed by atoms with Crippen molar-refractivity contribution < 1.29 is 18.7 Å². The number of amides is 1. The molecular formula is C30H28N4O4S. The average Bonchev–Trinajstić information content (AvgIpc) is 3.57. The van der Waals surface area contributed by atoms with E-state index in [2.05, 4.69) is 15.6 Å². The van der Waals surface area contributed by atoms with Crippen molar-refractivity contribution in [2.45, 2.75) is 25.4 Å². The molecular weight excluding hydrogens is 512 g/mol. The maximum absolute atomic E-state index is 12.9. The number of thiocarbonyl (C=S) groups is 1. The Bertz CT molecular complexity index is 1500. The number of carbonyl (C=O) groups is 2. The molecule has 2 N–H and O–H groups in total. The monoisotopic (exact) mass is 540 g/mol. The third kappa shape index (κ3) is 5.53. The average molecular weight is 541 g/mol. The molecule has 0 saturated carbocycles. The van der Waals surface area contributed by atoms with Gasteiger partial charge in [-0.25, -0.2) is 4.79 Å². The molecule has 0 spiro atoms. The molecule has 198 valence electrons. The minimum atomic E-state index is -0.445. The van der Waals surface area contributed by atoms with Crippen LogP contribution in [0.4, 0.5) is 5.69 Å². The Hall–Kier alpha value is -4.50. The van der Waals surface area contributed by atoms with Gasteiger partial charge in [-0.05, 0) is 61.1 Å². The minimum absolute atomic E-state index is 0.112. The number of carbonyl (C=O) groups excluding carboxylic acids is 2. The summed E-state index contributed by atoms with van der Waals surface area (Å²) in [6.45, 7) is 2.32. The molecule has 0 radical (unpaired) electrons. The molecule has 1 saturated heterocycles. The summed E-state index contributed by atoms with van der Waals surface area (Å²) in [6.07, 6.45) is 1.95. The van der Waals surface area contributed by atoms with Crippen molar-refractivity contribution in [2.75, 3.05) is 19.0 Å². The van der Waals surface area contributed by atoms with Crippen LogP contribution in [0.3, 0.4) is 0 Å². The van der Waals surface area contributed by atoms with Crippen LogP contribution in [0, 0.1) is 6.92 Å². The largest absolute Gasteiger partial charge is 0.465 e. The van der Waals surface area contributed by atoms with Gasteiger partial charge in [0.1, 0.15) is 17.6 Å². The van der Waals surface area contributed by atoms with Gasteiger partial charge in [-0.2, -0.15) is 0 Å². The highest BCUT2D eigenvalue weighted by Gasteiger charge is 2.41. The predicted octanol–water partition coefficient (Wildman–Crippen LogP) is 5.44. The molecule has 3 heterocycles. The first kappa shape index (κ1) is 26.1. The highest BCUT2D eigenvalue weighted by Crippen LogP contribution is 2.41. The van der Waals surface area contributed by atoms with E-state index in [0.717, 1.165) is 16.9 Å². The molecule has 1 amide bonds. The van der Waals surface area contributed by atoms with E-state index in [4.69, 9.17) is 21.4 Å². The van der Waals surface area contributed by atoms with Crippen molar-refractivity contribution in [1.29, 1.82) is 0 Å². The maximum atomic E-state index is 12.9. The number of anilines is 1. The van der Waals surface area contributed by atoms with Crippen molar-refractivity contribution in [1.82, 2.24) is 15.2 Å². The van der Waals surface area contributed by atoms with Crippen LogP contribution in [0.2, 0.25) is 0 Å². The number of hydrogen-bond donors (Lipinski definition) is 2. The third-order valence-corrected chi connectivity index (χ3v) is 7.07. The zero-order valence-electron chi connectivity index (χ0n) is 21.6. The molecule has 0 bridgehead atoms. The second-order valence-corrected chi connectivity index (χ2v) is 9.56. The quantitative estimate of drug-likeness (QED) is 0.225. The van der Waals surface area contributed by atoms with Gasteiger partial charge in [-0.3, -0.25) is 9.78 Å². The van der Waals surface area contributed by atoms with Gasteiger partial charge >= 0.3 is 5.97 Å². The van der Waals surface area contributed by atoms with E-state index in [1.165, 1.54) is 7.11 Å². The van der Waals surface area contributed by atoms with Crippen LogP contribution >= 0.6 is 12.2 Å². The van der Waals surface area contributed by atoms with Gasteiger partial charge in [-0.15, -0.1) is 0 Å². The van der Waals surface area contributed by atoms with E-state index in [1.54, 1.807) is 18.3 Å². The number of ether oxygens (including phenoxy) is 1. The zero-order chi connectivity index (χ0) is 27.4. The third-order valence-electron chi connectivity index (χ3n) is 6.71. The number of nitrogens with one attached hydrogen (secondary N) is 2. The summed E-state index contributed by atoms with van der Waals surface area (Å²) in [4.78, 5) is 31.7. The van der Waals surface area contributed by atoms with E-state index in [0.29, 0.717) is 34.3 Å². The van der Waals surface area contributed by atoms with E-state index in [1.807, 2.05) is 78.6 Å². The lowest BCUT2D eigenvalue weighted by molar-refractivity contribution is -0.116.